The Morgan fingerprint density at radius 3 is 2.60 bits per heavy atom. The first kappa shape index (κ1) is 32.6. The van der Waals surface area contributed by atoms with Crippen LogP contribution in [0.2, 0.25) is 0 Å². The van der Waals surface area contributed by atoms with E-state index in [0.717, 1.165) is 12.0 Å². The number of fused-ring (bicyclic) bond motifs is 5. The number of aliphatic hydroxyl groups is 2. The van der Waals surface area contributed by atoms with Gasteiger partial charge in [0, 0.05) is 16.7 Å². The van der Waals surface area contributed by atoms with Gasteiger partial charge in [-0.25, -0.2) is 4.79 Å². The molecule has 238 valence electrons. The predicted molar refractivity (Wildman–Crippen MR) is 146 cm³/mol. The zero-order valence-corrected chi connectivity index (χ0v) is 24.4. The van der Waals surface area contributed by atoms with Crippen LogP contribution in [0.5, 0.6) is 0 Å². The summed E-state index contributed by atoms with van der Waals surface area (Å²) < 4.78 is 14.7. The van der Waals surface area contributed by atoms with E-state index in [0.29, 0.717) is 19.3 Å². The number of aliphatic hydroxyl groups excluding tert-OH is 1. The van der Waals surface area contributed by atoms with Gasteiger partial charge >= 0.3 is 12.1 Å². The topological polar surface area (TPSA) is 215 Å². The second-order valence-electron chi connectivity index (χ2n) is 12.4. The highest BCUT2D eigenvalue weighted by molar-refractivity contribution is 6.01. The van der Waals surface area contributed by atoms with Crippen LogP contribution in [0, 0.1) is 38.7 Å². The fraction of sp³-hybridized carbons (Fsp3) is 0.724. The number of nitrogens with two attached hydrogens (primary N) is 1. The molecule has 14 heteroatoms. The van der Waals surface area contributed by atoms with E-state index < -0.39 is 64.8 Å². The number of rotatable bonds is 12. The Balaban J connectivity index is 1.27. The van der Waals surface area contributed by atoms with Crippen LogP contribution in [-0.4, -0.2) is 83.2 Å². The average molecular weight is 609 g/mol. The molecule has 0 saturated heterocycles. The average Bonchev–Trinajstić information content (AvgIpc) is 3.22. The summed E-state index contributed by atoms with van der Waals surface area (Å²) >= 11 is 0. The van der Waals surface area contributed by atoms with E-state index in [1.165, 1.54) is 0 Å². The predicted octanol–water partition coefficient (Wildman–Crippen LogP) is 1.58. The first-order valence-corrected chi connectivity index (χ1v) is 14.6. The Hall–Kier alpha value is -3.36. The van der Waals surface area contributed by atoms with E-state index in [9.17, 15) is 39.5 Å². The molecule has 4 rings (SSSR count). The van der Waals surface area contributed by atoms with E-state index >= 15 is 0 Å². The molecule has 0 amide bonds. The molecule has 0 spiro atoms. The molecule has 4 aliphatic carbocycles. The maximum absolute atomic E-state index is 13.3. The standard InChI is InChI=1S/C29H40N2O12/c1-27-9-7-18(32)13-17(27)5-6-19-20-8-10-29(37,28(20,2)14-22(33)24(19)27)23(34)16-42-26(36)41-15-21(30)25(35)40-11-3-4-12-43-31(38)39/h7,9,13,19-22,24,33,37H,3-6,8,10-12,14-16,30H2,1-2H3/t19-,20-,21?,22-,24+,27-,28-,29-/m0/s1. The normalized spacial score (nSPS) is 35.0. The van der Waals surface area contributed by atoms with Gasteiger partial charge in [-0.2, -0.15) is 0 Å². The first-order valence-electron chi connectivity index (χ1n) is 14.6. The number of hydrogen-bond donors (Lipinski definition) is 3. The molecule has 0 aromatic heterocycles. The van der Waals surface area contributed by atoms with Crippen molar-refractivity contribution in [1.29, 1.82) is 0 Å². The van der Waals surface area contributed by atoms with Gasteiger partial charge in [0.05, 0.1) is 19.3 Å². The van der Waals surface area contributed by atoms with Gasteiger partial charge < -0.3 is 35.0 Å². The van der Waals surface area contributed by atoms with Gasteiger partial charge in [-0.05, 0) is 68.9 Å². The lowest BCUT2D eigenvalue weighted by Crippen LogP contribution is -2.61. The van der Waals surface area contributed by atoms with Crippen LogP contribution in [0.4, 0.5) is 4.79 Å². The summed E-state index contributed by atoms with van der Waals surface area (Å²) in [5.74, 6) is -1.81. The lowest BCUT2D eigenvalue weighted by molar-refractivity contribution is -0.757. The number of ketones is 2. The zero-order chi connectivity index (χ0) is 31.6. The van der Waals surface area contributed by atoms with Crippen molar-refractivity contribution < 1.29 is 53.5 Å². The highest BCUT2D eigenvalue weighted by Gasteiger charge is 2.68. The zero-order valence-electron chi connectivity index (χ0n) is 24.4. The molecule has 0 aromatic carbocycles. The summed E-state index contributed by atoms with van der Waals surface area (Å²) in [5, 5.41) is 32.3. The van der Waals surface area contributed by atoms with Crippen LogP contribution in [-0.2, 0) is 33.4 Å². The highest BCUT2D eigenvalue weighted by atomic mass is 16.9. The third-order valence-corrected chi connectivity index (χ3v) is 10.1. The molecule has 0 aromatic rings. The summed E-state index contributed by atoms with van der Waals surface area (Å²) in [6, 6.07) is -1.32. The Bertz CT molecular complexity index is 1200. The Kier molecular flexibility index (Phi) is 9.62. The summed E-state index contributed by atoms with van der Waals surface area (Å²) in [4.78, 5) is 63.7. The number of nitrogens with zero attached hydrogens (tertiary/aromatic N) is 1. The Morgan fingerprint density at radius 2 is 1.88 bits per heavy atom. The van der Waals surface area contributed by atoms with E-state index in [-0.39, 0.29) is 56.0 Å². The van der Waals surface area contributed by atoms with Crippen LogP contribution in [0.15, 0.2) is 23.8 Å². The number of hydrogen-bond acceptors (Lipinski definition) is 13. The number of esters is 1. The Labute approximate surface area is 248 Å². The molecule has 0 radical (unpaired) electrons. The van der Waals surface area contributed by atoms with Crippen molar-refractivity contribution in [1.82, 2.24) is 0 Å². The third kappa shape index (κ3) is 6.31. The number of Topliss-reactive ketones (excluding diaryl/α,β-unsaturated/α-hetero) is 1. The van der Waals surface area contributed by atoms with Gasteiger partial charge in [-0.15, -0.1) is 10.1 Å². The van der Waals surface area contributed by atoms with Gasteiger partial charge in [0.2, 0.25) is 5.78 Å². The minimum Gasteiger partial charge on any atom is -0.464 e. The van der Waals surface area contributed by atoms with Gasteiger partial charge in [0.25, 0.3) is 5.09 Å². The molecule has 14 nitrogen and oxygen atoms in total. The van der Waals surface area contributed by atoms with Gasteiger partial charge in [0.15, 0.2) is 12.4 Å². The van der Waals surface area contributed by atoms with Crippen LogP contribution in [0.25, 0.3) is 0 Å². The maximum atomic E-state index is 13.3. The van der Waals surface area contributed by atoms with Gasteiger partial charge in [-0.1, -0.05) is 25.5 Å². The van der Waals surface area contributed by atoms with Crippen LogP contribution in [0.3, 0.4) is 0 Å². The van der Waals surface area contributed by atoms with Crippen LogP contribution < -0.4 is 5.73 Å². The van der Waals surface area contributed by atoms with Gasteiger partial charge in [-0.3, -0.25) is 14.4 Å². The first-order chi connectivity index (χ1) is 20.2. The van der Waals surface area contributed by atoms with E-state index in [2.05, 4.69) is 4.84 Å². The second-order valence-corrected chi connectivity index (χ2v) is 12.4. The number of carbonyl (C=O) groups is 4. The summed E-state index contributed by atoms with van der Waals surface area (Å²) in [6.07, 6.45) is 5.94. The minimum atomic E-state index is -1.83. The largest absolute Gasteiger partial charge is 0.508 e. The second kappa shape index (κ2) is 12.7. The summed E-state index contributed by atoms with van der Waals surface area (Å²) in [7, 11) is 0. The van der Waals surface area contributed by atoms with Crippen molar-refractivity contribution in [3.63, 3.8) is 0 Å². The molecular weight excluding hydrogens is 568 g/mol. The molecule has 0 aliphatic heterocycles. The monoisotopic (exact) mass is 608 g/mol. The molecule has 43 heavy (non-hydrogen) atoms. The molecule has 1 unspecified atom stereocenters. The molecule has 4 N–H and O–H groups in total. The minimum absolute atomic E-state index is 0.0251. The fourth-order valence-electron chi connectivity index (χ4n) is 7.92. The molecular formula is C29H40N2O12. The van der Waals surface area contributed by atoms with E-state index in [4.69, 9.17) is 19.9 Å². The lowest BCUT2D eigenvalue weighted by Gasteiger charge is -2.59. The maximum Gasteiger partial charge on any atom is 0.508 e. The van der Waals surface area contributed by atoms with Crippen molar-refractivity contribution in [2.45, 2.75) is 76.5 Å². The van der Waals surface area contributed by atoms with E-state index in [1.807, 2.05) is 19.9 Å². The number of allylic oxidation sites excluding steroid dienone is 4. The summed E-state index contributed by atoms with van der Waals surface area (Å²) in [5.41, 5.74) is 3.41. The summed E-state index contributed by atoms with van der Waals surface area (Å²) in [6.45, 7) is 2.32. The molecule has 8 atom stereocenters. The highest BCUT2D eigenvalue weighted by Crippen LogP contribution is 2.67. The van der Waals surface area contributed by atoms with Crippen molar-refractivity contribution in [3.8, 4) is 0 Å². The van der Waals surface area contributed by atoms with Crippen LogP contribution in [0.1, 0.15) is 58.8 Å². The molecule has 0 bridgehead atoms. The van der Waals surface area contributed by atoms with Gasteiger partial charge in [0.1, 0.15) is 18.2 Å². The molecule has 0 heterocycles. The fourth-order valence-corrected chi connectivity index (χ4v) is 7.92. The van der Waals surface area contributed by atoms with Crippen molar-refractivity contribution >= 4 is 23.7 Å². The molecule has 4 aliphatic rings. The van der Waals surface area contributed by atoms with Crippen LogP contribution >= 0.6 is 0 Å². The van der Waals surface area contributed by atoms with Crippen molar-refractivity contribution in [3.05, 3.63) is 33.9 Å². The smallest absolute Gasteiger partial charge is 0.464 e. The number of unbranched alkanes of at least 4 members (excludes halogenated alkanes) is 1. The third-order valence-electron chi connectivity index (χ3n) is 10.1. The quantitative estimate of drug-likeness (QED) is 0.124. The number of carbonyl (C=O) groups excluding carboxylic acids is 4. The Morgan fingerprint density at radius 1 is 1.16 bits per heavy atom. The lowest BCUT2D eigenvalue weighted by atomic mass is 9.46. The van der Waals surface area contributed by atoms with E-state index in [1.54, 1.807) is 12.2 Å². The van der Waals surface area contributed by atoms with Crippen molar-refractivity contribution in [2.24, 2.45) is 34.3 Å². The number of ether oxygens (including phenoxy) is 3. The SMILES string of the molecule is C[C@]12C=CC(=O)C=C1CC[C@@H]1[C@@H]2[C@@H](O)C[C@@]2(C)[C@H]1CC[C@]2(O)C(=O)COC(=O)OCC(N)C(=O)OCCCCO[N+](=O)[O-]. The van der Waals surface area contributed by atoms with Crippen molar-refractivity contribution in [2.75, 3.05) is 26.4 Å². The molecule has 3 saturated carbocycles. The molecule has 3 fully saturated rings.